The highest BCUT2D eigenvalue weighted by Gasteiger charge is 2.43. The van der Waals surface area contributed by atoms with E-state index in [0.717, 1.165) is 35.9 Å². The van der Waals surface area contributed by atoms with Gasteiger partial charge in [-0.25, -0.2) is 0 Å². The molecule has 0 saturated carbocycles. The molecule has 102 valence electrons. The van der Waals surface area contributed by atoms with Crippen LogP contribution < -0.4 is 0 Å². The number of ketones is 1. The molecule has 0 radical (unpaired) electrons. The van der Waals surface area contributed by atoms with Gasteiger partial charge in [-0.1, -0.05) is 24.3 Å². The van der Waals surface area contributed by atoms with E-state index in [1.54, 1.807) is 0 Å². The van der Waals surface area contributed by atoms with Crippen LogP contribution in [0.2, 0.25) is 0 Å². The van der Waals surface area contributed by atoms with Gasteiger partial charge in [0.05, 0.1) is 17.7 Å². The van der Waals surface area contributed by atoms with Crippen LogP contribution in [0, 0.1) is 5.92 Å². The summed E-state index contributed by atoms with van der Waals surface area (Å²) in [5.74, 6) is 0.391. The molecule has 3 nitrogen and oxygen atoms in total. The minimum atomic E-state index is 0.0991. The molecule has 1 aromatic heterocycles. The molecule has 2 saturated heterocycles. The smallest absolute Gasteiger partial charge is 0.144 e. The third-order valence-electron chi connectivity index (χ3n) is 4.53. The SMILES string of the molecule is O=C(Cc1ccc2ccccc2n1)C1CC2CCC1O2. The van der Waals surface area contributed by atoms with Crippen molar-refractivity contribution in [2.24, 2.45) is 5.92 Å². The predicted octanol–water partition coefficient (Wildman–Crippen LogP) is 2.91. The Labute approximate surface area is 118 Å². The van der Waals surface area contributed by atoms with Gasteiger partial charge in [-0.2, -0.15) is 0 Å². The fourth-order valence-electron chi connectivity index (χ4n) is 3.49. The molecule has 2 bridgehead atoms. The quantitative estimate of drug-likeness (QED) is 0.858. The fourth-order valence-corrected chi connectivity index (χ4v) is 3.49. The maximum Gasteiger partial charge on any atom is 0.144 e. The van der Waals surface area contributed by atoms with Gasteiger partial charge in [-0.15, -0.1) is 0 Å². The van der Waals surface area contributed by atoms with Gasteiger partial charge in [-0.05, 0) is 31.4 Å². The van der Waals surface area contributed by atoms with Crippen molar-refractivity contribution in [3.05, 3.63) is 42.1 Å². The minimum Gasteiger partial charge on any atom is -0.374 e. The van der Waals surface area contributed by atoms with Crippen LogP contribution in [-0.2, 0) is 16.0 Å². The van der Waals surface area contributed by atoms with Crippen molar-refractivity contribution >= 4 is 16.7 Å². The predicted molar refractivity (Wildman–Crippen MR) is 76.5 cm³/mol. The Morgan fingerprint density at radius 2 is 2.10 bits per heavy atom. The number of aromatic nitrogens is 1. The highest BCUT2D eigenvalue weighted by Crippen LogP contribution is 2.39. The minimum absolute atomic E-state index is 0.0991. The molecule has 3 heterocycles. The molecule has 0 N–H and O–H groups in total. The molecule has 2 fully saturated rings. The molecule has 1 aromatic carbocycles. The van der Waals surface area contributed by atoms with Crippen LogP contribution in [0.15, 0.2) is 36.4 Å². The third kappa shape index (κ3) is 2.02. The zero-order valence-corrected chi connectivity index (χ0v) is 11.3. The van der Waals surface area contributed by atoms with Crippen LogP contribution in [-0.4, -0.2) is 23.0 Å². The van der Waals surface area contributed by atoms with Crippen molar-refractivity contribution in [2.75, 3.05) is 0 Å². The second-order valence-corrected chi connectivity index (χ2v) is 5.85. The highest BCUT2D eigenvalue weighted by atomic mass is 16.5. The number of para-hydroxylation sites is 1. The van der Waals surface area contributed by atoms with Crippen LogP contribution >= 0.6 is 0 Å². The second-order valence-electron chi connectivity index (χ2n) is 5.85. The van der Waals surface area contributed by atoms with Crippen molar-refractivity contribution in [3.63, 3.8) is 0 Å². The molecule has 0 aliphatic carbocycles. The molecule has 0 amide bonds. The van der Waals surface area contributed by atoms with E-state index < -0.39 is 0 Å². The highest BCUT2D eigenvalue weighted by molar-refractivity contribution is 5.85. The normalized spacial score (nSPS) is 28.1. The molecule has 2 aliphatic heterocycles. The van der Waals surface area contributed by atoms with Crippen molar-refractivity contribution in [1.29, 1.82) is 0 Å². The number of benzene rings is 1. The van der Waals surface area contributed by atoms with Crippen molar-refractivity contribution in [2.45, 2.75) is 37.9 Å². The molecule has 2 aromatic rings. The van der Waals surface area contributed by atoms with Crippen molar-refractivity contribution in [3.8, 4) is 0 Å². The summed E-state index contributed by atoms with van der Waals surface area (Å²) in [5, 5.41) is 1.12. The molecule has 20 heavy (non-hydrogen) atoms. The number of pyridine rings is 1. The molecule has 0 spiro atoms. The van der Waals surface area contributed by atoms with E-state index in [1.165, 1.54) is 0 Å². The average molecular weight is 267 g/mol. The van der Waals surface area contributed by atoms with E-state index in [-0.39, 0.29) is 12.0 Å². The first kappa shape index (κ1) is 12.0. The van der Waals surface area contributed by atoms with Crippen LogP contribution in [0.4, 0.5) is 0 Å². The number of hydrogen-bond acceptors (Lipinski definition) is 3. The van der Waals surface area contributed by atoms with Gasteiger partial charge in [0, 0.05) is 23.4 Å². The summed E-state index contributed by atoms with van der Waals surface area (Å²) in [6, 6.07) is 12.0. The number of rotatable bonds is 3. The number of ether oxygens (including phenoxy) is 1. The zero-order chi connectivity index (χ0) is 13.5. The Balaban J connectivity index is 1.53. The van der Waals surface area contributed by atoms with Gasteiger partial charge >= 0.3 is 0 Å². The van der Waals surface area contributed by atoms with Gasteiger partial charge in [0.15, 0.2) is 0 Å². The molecule has 4 rings (SSSR count). The lowest BCUT2D eigenvalue weighted by atomic mass is 9.84. The first-order valence-electron chi connectivity index (χ1n) is 7.32. The van der Waals surface area contributed by atoms with E-state index in [2.05, 4.69) is 4.98 Å². The van der Waals surface area contributed by atoms with Gasteiger partial charge in [0.2, 0.25) is 0 Å². The number of nitrogens with zero attached hydrogens (tertiary/aromatic N) is 1. The van der Waals surface area contributed by atoms with E-state index >= 15 is 0 Å². The lowest BCUT2D eigenvalue weighted by Crippen LogP contribution is -2.26. The van der Waals surface area contributed by atoms with E-state index in [9.17, 15) is 4.79 Å². The monoisotopic (exact) mass is 267 g/mol. The summed E-state index contributed by atoms with van der Waals surface area (Å²) in [4.78, 5) is 17.0. The Bertz CT molecular complexity index is 667. The first-order chi connectivity index (χ1) is 9.79. The number of Topliss-reactive ketones (excluding diaryl/α,β-unsaturated/α-hetero) is 1. The van der Waals surface area contributed by atoms with Crippen molar-refractivity contribution in [1.82, 2.24) is 4.98 Å². The van der Waals surface area contributed by atoms with Crippen molar-refractivity contribution < 1.29 is 9.53 Å². The third-order valence-corrected chi connectivity index (χ3v) is 4.53. The van der Waals surface area contributed by atoms with E-state index in [1.807, 2.05) is 36.4 Å². The van der Waals surface area contributed by atoms with Gasteiger partial charge in [0.25, 0.3) is 0 Å². The van der Waals surface area contributed by atoms with Crippen LogP contribution in [0.3, 0.4) is 0 Å². The maximum absolute atomic E-state index is 12.4. The molecular weight excluding hydrogens is 250 g/mol. The lowest BCUT2D eigenvalue weighted by Gasteiger charge is -2.16. The topological polar surface area (TPSA) is 39.2 Å². The van der Waals surface area contributed by atoms with Gasteiger partial charge in [0.1, 0.15) is 5.78 Å². The Morgan fingerprint density at radius 3 is 2.90 bits per heavy atom. The summed E-state index contributed by atoms with van der Waals surface area (Å²) >= 11 is 0. The Kier molecular flexibility index (Phi) is 2.81. The molecule has 3 atom stereocenters. The number of carbonyl (C=O) groups is 1. The zero-order valence-electron chi connectivity index (χ0n) is 11.3. The van der Waals surface area contributed by atoms with E-state index in [4.69, 9.17) is 4.74 Å². The summed E-state index contributed by atoms with van der Waals surface area (Å²) in [6.45, 7) is 0. The van der Waals surface area contributed by atoms with E-state index in [0.29, 0.717) is 18.3 Å². The second kappa shape index (κ2) is 4.67. The Morgan fingerprint density at radius 1 is 1.20 bits per heavy atom. The van der Waals surface area contributed by atoms with Crippen LogP contribution in [0.1, 0.15) is 25.0 Å². The standard InChI is InChI=1S/C17H17NO2/c19-16(14-10-13-7-8-17(14)20-13)9-12-6-5-11-3-1-2-4-15(11)18-12/h1-6,13-14,17H,7-10H2. The van der Waals surface area contributed by atoms with Crippen LogP contribution in [0.5, 0.6) is 0 Å². The average Bonchev–Trinajstić information content (AvgIpc) is 3.10. The molecular formula is C17H17NO2. The summed E-state index contributed by atoms with van der Waals surface area (Å²) in [5.41, 5.74) is 1.83. The lowest BCUT2D eigenvalue weighted by molar-refractivity contribution is -0.123. The maximum atomic E-state index is 12.4. The van der Waals surface area contributed by atoms with Crippen LogP contribution in [0.25, 0.3) is 10.9 Å². The van der Waals surface area contributed by atoms with Gasteiger partial charge in [-0.3, -0.25) is 9.78 Å². The number of carbonyl (C=O) groups excluding carboxylic acids is 1. The summed E-state index contributed by atoms with van der Waals surface area (Å²) in [7, 11) is 0. The Hall–Kier alpha value is -1.74. The summed E-state index contributed by atoms with van der Waals surface area (Å²) < 4.78 is 5.77. The summed E-state index contributed by atoms with van der Waals surface area (Å²) in [6.07, 6.45) is 4.03. The molecule has 3 heteroatoms. The van der Waals surface area contributed by atoms with Gasteiger partial charge < -0.3 is 4.74 Å². The molecule has 3 unspecified atom stereocenters. The molecule has 2 aliphatic rings. The number of hydrogen-bond donors (Lipinski definition) is 0. The first-order valence-corrected chi connectivity index (χ1v) is 7.32. The fraction of sp³-hybridized carbons (Fsp3) is 0.412. The largest absolute Gasteiger partial charge is 0.374 e. The number of fused-ring (bicyclic) bond motifs is 3.